The molecule has 1 aromatic carbocycles. The van der Waals surface area contributed by atoms with E-state index in [4.69, 9.17) is 5.11 Å². The fraction of sp³-hybridized carbons (Fsp3) is 0.286. The van der Waals surface area contributed by atoms with Crippen molar-refractivity contribution in [1.82, 2.24) is 9.97 Å². The van der Waals surface area contributed by atoms with Gasteiger partial charge < -0.3 is 10.4 Å². The quantitative estimate of drug-likeness (QED) is 0.815. The van der Waals surface area contributed by atoms with Crippen molar-refractivity contribution in [3.63, 3.8) is 0 Å². The van der Waals surface area contributed by atoms with Gasteiger partial charge in [-0.25, -0.2) is 4.98 Å². The molecule has 0 saturated heterocycles. The predicted octanol–water partition coefficient (Wildman–Crippen LogP) is 2.05. The van der Waals surface area contributed by atoms with Gasteiger partial charge in [-0.1, -0.05) is 30.3 Å². The lowest BCUT2D eigenvalue weighted by atomic mass is 9.96. The summed E-state index contributed by atoms with van der Waals surface area (Å²) in [4.78, 5) is 8.18. The van der Waals surface area contributed by atoms with Crippen molar-refractivity contribution in [3.05, 3.63) is 54.5 Å². The lowest BCUT2D eigenvalue weighted by Crippen LogP contribution is -2.14. The third-order valence-electron chi connectivity index (χ3n) is 2.84. The fourth-order valence-electron chi connectivity index (χ4n) is 1.89. The second kappa shape index (κ2) is 6.71. The number of nitrogens with one attached hydrogen (secondary N) is 1. The van der Waals surface area contributed by atoms with Crippen LogP contribution in [0, 0.1) is 0 Å². The summed E-state index contributed by atoms with van der Waals surface area (Å²) >= 11 is 0. The maximum Gasteiger partial charge on any atom is 0.144 e. The van der Waals surface area contributed by atoms with Gasteiger partial charge in [0.2, 0.25) is 0 Å². The first-order chi connectivity index (χ1) is 8.90. The molecule has 0 aliphatic heterocycles. The van der Waals surface area contributed by atoms with E-state index in [0.29, 0.717) is 0 Å². The molecule has 0 aliphatic rings. The van der Waals surface area contributed by atoms with E-state index in [-0.39, 0.29) is 12.5 Å². The Kier molecular flexibility index (Phi) is 4.67. The number of anilines is 1. The van der Waals surface area contributed by atoms with Gasteiger partial charge in [0.15, 0.2) is 0 Å². The van der Waals surface area contributed by atoms with Gasteiger partial charge in [0, 0.05) is 31.5 Å². The zero-order valence-corrected chi connectivity index (χ0v) is 10.2. The zero-order valence-electron chi connectivity index (χ0n) is 10.2. The van der Waals surface area contributed by atoms with Gasteiger partial charge in [0.05, 0.1) is 6.20 Å². The Labute approximate surface area is 107 Å². The first-order valence-electron chi connectivity index (χ1n) is 6.06. The van der Waals surface area contributed by atoms with Crippen LogP contribution in [-0.2, 0) is 0 Å². The Morgan fingerprint density at radius 2 is 2.00 bits per heavy atom. The molecule has 2 rings (SSSR count). The van der Waals surface area contributed by atoms with Crippen LogP contribution in [0.15, 0.2) is 48.9 Å². The smallest absolute Gasteiger partial charge is 0.144 e. The van der Waals surface area contributed by atoms with E-state index in [2.05, 4.69) is 27.4 Å². The first kappa shape index (κ1) is 12.5. The monoisotopic (exact) mass is 243 g/mol. The van der Waals surface area contributed by atoms with Crippen molar-refractivity contribution >= 4 is 5.82 Å². The number of aliphatic hydroxyl groups is 1. The molecule has 0 amide bonds. The fourth-order valence-corrected chi connectivity index (χ4v) is 1.89. The SMILES string of the molecule is OCCC(CNc1cnccn1)c1ccccc1. The van der Waals surface area contributed by atoms with Crippen LogP contribution in [0.4, 0.5) is 5.82 Å². The summed E-state index contributed by atoms with van der Waals surface area (Å²) in [6, 6.07) is 10.2. The van der Waals surface area contributed by atoms with E-state index in [1.807, 2.05) is 18.2 Å². The number of rotatable bonds is 6. The number of hydrogen-bond donors (Lipinski definition) is 2. The molecular weight excluding hydrogens is 226 g/mol. The molecule has 4 heteroatoms. The maximum atomic E-state index is 9.14. The molecule has 0 saturated carbocycles. The van der Waals surface area contributed by atoms with E-state index in [0.717, 1.165) is 18.8 Å². The summed E-state index contributed by atoms with van der Waals surface area (Å²) in [5.41, 5.74) is 1.22. The minimum atomic E-state index is 0.182. The number of nitrogens with zero attached hydrogens (tertiary/aromatic N) is 2. The van der Waals surface area contributed by atoms with Gasteiger partial charge in [0.1, 0.15) is 5.82 Å². The largest absolute Gasteiger partial charge is 0.396 e. The summed E-state index contributed by atoms with van der Waals surface area (Å²) in [5, 5.41) is 12.4. The Balaban J connectivity index is 1.99. The molecule has 0 spiro atoms. The molecule has 0 bridgehead atoms. The first-order valence-corrected chi connectivity index (χ1v) is 6.06. The van der Waals surface area contributed by atoms with Crippen LogP contribution in [-0.4, -0.2) is 28.2 Å². The number of aliphatic hydroxyl groups excluding tert-OH is 1. The topological polar surface area (TPSA) is 58.0 Å². The molecule has 2 aromatic rings. The average molecular weight is 243 g/mol. The normalized spacial score (nSPS) is 12.1. The molecule has 1 heterocycles. The van der Waals surface area contributed by atoms with Crippen molar-refractivity contribution in [2.75, 3.05) is 18.5 Å². The molecule has 0 radical (unpaired) electrons. The standard InChI is InChI=1S/C14H17N3O/c18-9-6-13(12-4-2-1-3-5-12)10-17-14-11-15-7-8-16-14/h1-5,7-8,11,13,18H,6,9-10H2,(H,16,17). The van der Waals surface area contributed by atoms with Crippen LogP contribution in [0.2, 0.25) is 0 Å². The maximum absolute atomic E-state index is 9.14. The lowest BCUT2D eigenvalue weighted by molar-refractivity contribution is 0.277. The molecular formula is C14H17N3O. The van der Waals surface area contributed by atoms with Crippen LogP contribution >= 0.6 is 0 Å². The van der Waals surface area contributed by atoms with Crippen molar-refractivity contribution < 1.29 is 5.11 Å². The van der Waals surface area contributed by atoms with E-state index in [1.165, 1.54) is 5.56 Å². The summed E-state index contributed by atoms with van der Waals surface area (Å²) in [6.07, 6.45) is 5.73. The summed E-state index contributed by atoms with van der Waals surface area (Å²) in [7, 11) is 0. The molecule has 0 fully saturated rings. The molecule has 2 N–H and O–H groups in total. The van der Waals surface area contributed by atoms with Gasteiger partial charge in [-0.3, -0.25) is 4.98 Å². The highest BCUT2D eigenvalue weighted by atomic mass is 16.3. The summed E-state index contributed by atoms with van der Waals surface area (Å²) < 4.78 is 0. The average Bonchev–Trinajstić information content (AvgIpc) is 2.45. The highest BCUT2D eigenvalue weighted by molar-refractivity contribution is 5.31. The number of benzene rings is 1. The van der Waals surface area contributed by atoms with E-state index in [1.54, 1.807) is 18.6 Å². The minimum Gasteiger partial charge on any atom is -0.396 e. The van der Waals surface area contributed by atoms with E-state index < -0.39 is 0 Å². The summed E-state index contributed by atoms with van der Waals surface area (Å²) in [6.45, 7) is 0.922. The van der Waals surface area contributed by atoms with Gasteiger partial charge in [-0.15, -0.1) is 0 Å². The molecule has 1 aromatic heterocycles. The van der Waals surface area contributed by atoms with Crippen molar-refractivity contribution in [1.29, 1.82) is 0 Å². The molecule has 0 aliphatic carbocycles. The highest BCUT2D eigenvalue weighted by Crippen LogP contribution is 2.19. The second-order valence-corrected chi connectivity index (χ2v) is 4.09. The Morgan fingerprint density at radius 1 is 1.17 bits per heavy atom. The lowest BCUT2D eigenvalue weighted by Gasteiger charge is -2.17. The number of aromatic nitrogens is 2. The molecule has 94 valence electrons. The zero-order chi connectivity index (χ0) is 12.6. The van der Waals surface area contributed by atoms with Gasteiger partial charge in [0.25, 0.3) is 0 Å². The van der Waals surface area contributed by atoms with Gasteiger partial charge >= 0.3 is 0 Å². The van der Waals surface area contributed by atoms with Crippen LogP contribution in [0.25, 0.3) is 0 Å². The Morgan fingerprint density at radius 3 is 2.67 bits per heavy atom. The van der Waals surface area contributed by atoms with E-state index >= 15 is 0 Å². The van der Waals surface area contributed by atoms with Gasteiger partial charge in [-0.05, 0) is 12.0 Å². The van der Waals surface area contributed by atoms with E-state index in [9.17, 15) is 0 Å². The Bertz CT molecular complexity index is 447. The Hall–Kier alpha value is -1.94. The number of hydrogen-bond acceptors (Lipinski definition) is 4. The highest BCUT2D eigenvalue weighted by Gasteiger charge is 2.10. The molecule has 1 unspecified atom stereocenters. The summed E-state index contributed by atoms with van der Waals surface area (Å²) in [5.74, 6) is 1.04. The van der Waals surface area contributed by atoms with Crippen LogP contribution < -0.4 is 5.32 Å². The molecule has 18 heavy (non-hydrogen) atoms. The van der Waals surface area contributed by atoms with Gasteiger partial charge in [-0.2, -0.15) is 0 Å². The van der Waals surface area contributed by atoms with Crippen molar-refractivity contribution in [2.24, 2.45) is 0 Å². The van der Waals surface area contributed by atoms with Crippen molar-refractivity contribution in [3.8, 4) is 0 Å². The minimum absolute atomic E-state index is 0.182. The predicted molar refractivity (Wildman–Crippen MR) is 71.4 cm³/mol. The third kappa shape index (κ3) is 3.53. The second-order valence-electron chi connectivity index (χ2n) is 4.09. The van der Waals surface area contributed by atoms with Crippen LogP contribution in [0.1, 0.15) is 17.9 Å². The third-order valence-corrected chi connectivity index (χ3v) is 2.84. The molecule has 4 nitrogen and oxygen atoms in total. The van der Waals surface area contributed by atoms with Crippen LogP contribution in [0.5, 0.6) is 0 Å². The van der Waals surface area contributed by atoms with Crippen LogP contribution in [0.3, 0.4) is 0 Å². The molecule has 1 atom stereocenters. The van der Waals surface area contributed by atoms with Crippen molar-refractivity contribution in [2.45, 2.75) is 12.3 Å².